The molecule has 1 amide bonds. The summed E-state index contributed by atoms with van der Waals surface area (Å²) in [5, 5.41) is 10.9. The van der Waals surface area contributed by atoms with Gasteiger partial charge in [-0.05, 0) is 44.0 Å². The second-order valence-electron chi connectivity index (χ2n) is 7.99. The smallest absolute Gasteiger partial charge is 0.247 e. The van der Waals surface area contributed by atoms with E-state index in [0.29, 0.717) is 30.3 Å². The van der Waals surface area contributed by atoms with Crippen LogP contribution in [0, 0.1) is 6.92 Å². The van der Waals surface area contributed by atoms with Crippen LogP contribution in [0.5, 0.6) is 0 Å². The van der Waals surface area contributed by atoms with Crippen LogP contribution < -0.4 is 10.0 Å². The van der Waals surface area contributed by atoms with Crippen LogP contribution in [0.4, 0.5) is 0 Å². The Morgan fingerprint density at radius 1 is 1.00 bits per heavy atom. The van der Waals surface area contributed by atoms with E-state index in [4.69, 9.17) is 4.42 Å². The molecule has 0 aliphatic carbocycles. The van der Waals surface area contributed by atoms with Gasteiger partial charge in [-0.15, -0.1) is 10.2 Å². The first-order chi connectivity index (χ1) is 15.2. The molecule has 0 spiro atoms. The number of nitrogens with zero attached hydrogens (tertiary/aromatic N) is 2. The number of nitrogens with one attached hydrogen (secondary N) is 2. The Balaban J connectivity index is 1.44. The van der Waals surface area contributed by atoms with Crippen molar-refractivity contribution in [2.24, 2.45) is 0 Å². The zero-order valence-electron chi connectivity index (χ0n) is 18.5. The van der Waals surface area contributed by atoms with Gasteiger partial charge in [-0.25, -0.2) is 13.1 Å². The lowest BCUT2D eigenvalue weighted by molar-refractivity contribution is -0.121. The average Bonchev–Trinajstić information content (AvgIpc) is 3.20. The van der Waals surface area contributed by atoms with E-state index in [1.807, 2.05) is 43.3 Å². The van der Waals surface area contributed by atoms with E-state index in [2.05, 4.69) is 20.2 Å². The maximum Gasteiger partial charge on any atom is 0.247 e. The van der Waals surface area contributed by atoms with Gasteiger partial charge in [-0.1, -0.05) is 42.0 Å². The molecule has 0 aliphatic rings. The molecule has 2 aromatic carbocycles. The summed E-state index contributed by atoms with van der Waals surface area (Å²) >= 11 is 0. The molecular formula is C23H28N4O4S. The fourth-order valence-electron chi connectivity index (χ4n) is 3.05. The Morgan fingerprint density at radius 2 is 1.66 bits per heavy atom. The fourth-order valence-corrected chi connectivity index (χ4v) is 4.48. The van der Waals surface area contributed by atoms with E-state index in [1.165, 1.54) is 0 Å². The highest BCUT2D eigenvalue weighted by Gasteiger charge is 2.13. The Hall–Kier alpha value is -3.04. The highest BCUT2D eigenvalue weighted by Crippen LogP contribution is 2.18. The number of amides is 1. The number of aryl methyl sites for hydroxylation is 2. The first kappa shape index (κ1) is 23.6. The second kappa shape index (κ2) is 10.5. The summed E-state index contributed by atoms with van der Waals surface area (Å²) in [6, 6.07) is 14.8. The van der Waals surface area contributed by atoms with E-state index in [1.54, 1.807) is 26.0 Å². The molecule has 0 saturated carbocycles. The number of sulfonamides is 1. The van der Waals surface area contributed by atoms with Gasteiger partial charge in [0.2, 0.25) is 27.7 Å². The molecule has 9 heteroatoms. The highest BCUT2D eigenvalue weighted by molar-refractivity contribution is 7.88. The van der Waals surface area contributed by atoms with Gasteiger partial charge in [0.25, 0.3) is 0 Å². The molecule has 0 unspecified atom stereocenters. The van der Waals surface area contributed by atoms with Crippen molar-refractivity contribution in [2.45, 2.75) is 52.0 Å². The van der Waals surface area contributed by atoms with Gasteiger partial charge < -0.3 is 9.73 Å². The molecule has 0 aliphatic heterocycles. The minimum absolute atomic E-state index is 0.0768. The summed E-state index contributed by atoms with van der Waals surface area (Å²) in [6.45, 7) is 5.93. The molecule has 32 heavy (non-hydrogen) atoms. The number of hydrogen-bond acceptors (Lipinski definition) is 6. The Kier molecular flexibility index (Phi) is 7.76. The van der Waals surface area contributed by atoms with Crippen molar-refractivity contribution in [2.75, 3.05) is 0 Å². The normalized spacial score (nSPS) is 11.6. The van der Waals surface area contributed by atoms with Gasteiger partial charge in [-0.3, -0.25) is 4.79 Å². The topological polar surface area (TPSA) is 114 Å². The van der Waals surface area contributed by atoms with Crippen molar-refractivity contribution in [1.29, 1.82) is 0 Å². The summed E-state index contributed by atoms with van der Waals surface area (Å²) < 4.78 is 32.2. The summed E-state index contributed by atoms with van der Waals surface area (Å²) in [4.78, 5) is 12.2. The average molecular weight is 457 g/mol. The number of aromatic nitrogens is 2. The van der Waals surface area contributed by atoms with E-state index in [-0.39, 0.29) is 24.1 Å². The Morgan fingerprint density at radius 3 is 2.31 bits per heavy atom. The van der Waals surface area contributed by atoms with E-state index >= 15 is 0 Å². The van der Waals surface area contributed by atoms with Crippen molar-refractivity contribution < 1.29 is 17.6 Å². The zero-order valence-corrected chi connectivity index (χ0v) is 19.3. The molecule has 1 heterocycles. The summed E-state index contributed by atoms with van der Waals surface area (Å²) in [5.41, 5.74) is 3.56. The third-order valence-electron chi connectivity index (χ3n) is 4.62. The molecule has 3 aromatic rings. The Labute approximate surface area is 188 Å². The SMILES string of the molecule is Cc1ccc(-c2nnc(CCC(=O)NCc3ccc(CS(=O)(=O)NC(C)C)cc3)o2)cc1. The monoisotopic (exact) mass is 456 g/mol. The van der Waals surface area contributed by atoms with Gasteiger partial charge in [0.15, 0.2) is 0 Å². The van der Waals surface area contributed by atoms with Crippen LogP contribution >= 0.6 is 0 Å². The molecule has 3 rings (SSSR count). The zero-order chi connectivity index (χ0) is 23.1. The molecule has 0 fully saturated rings. The number of hydrogen-bond donors (Lipinski definition) is 2. The molecule has 1 aromatic heterocycles. The summed E-state index contributed by atoms with van der Waals surface area (Å²) in [5.74, 6) is 0.641. The van der Waals surface area contributed by atoms with Gasteiger partial charge in [0, 0.05) is 31.0 Å². The van der Waals surface area contributed by atoms with Crippen LogP contribution in [-0.2, 0) is 33.5 Å². The predicted molar refractivity (Wildman–Crippen MR) is 122 cm³/mol. The van der Waals surface area contributed by atoms with Crippen LogP contribution in [0.2, 0.25) is 0 Å². The standard InChI is InChI=1S/C23H28N4O4S/c1-16(2)27-32(29,30)15-19-8-6-18(7-9-19)14-24-21(28)12-13-22-25-26-23(31-22)20-10-4-17(3)5-11-20/h4-11,16,27H,12-15H2,1-3H3,(H,24,28). The number of rotatable bonds is 10. The molecule has 0 bridgehead atoms. The maximum atomic E-state index is 12.2. The summed E-state index contributed by atoms with van der Waals surface area (Å²) in [6.07, 6.45) is 0.580. The number of benzene rings is 2. The molecule has 0 radical (unpaired) electrons. The lowest BCUT2D eigenvalue weighted by Crippen LogP contribution is -2.31. The van der Waals surface area contributed by atoms with E-state index < -0.39 is 10.0 Å². The summed E-state index contributed by atoms with van der Waals surface area (Å²) in [7, 11) is -3.36. The number of carbonyl (C=O) groups excluding carboxylic acids is 1. The van der Waals surface area contributed by atoms with Gasteiger partial charge in [0.1, 0.15) is 0 Å². The van der Waals surface area contributed by atoms with Crippen LogP contribution in [0.25, 0.3) is 11.5 Å². The van der Waals surface area contributed by atoms with Crippen molar-refractivity contribution in [3.05, 3.63) is 71.1 Å². The van der Waals surface area contributed by atoms with Crippen molar-refractivity contribution in [3.8, 4) is 11.5 Å². The van der Waals surface area contributed by atoms with E-state index in [9.17, 15) is 13.2 Å². The van der Waals surface area contributed by atoms with Gasteiger partial charge >= 0.3 is 0 Å². The first-order valence-corrected chi connectivity index (χ1v) is 12.1. The quantitative estimate of drug-likeness (QED) is 0.484. The predicted octanol–water partition coefficient (Wildman–Crippen LogP) is 3.12. The lowest BCUT2D eigenvalue weighted by Gasteiger charge is -2.10. The molecule has 170 valence electrons. The highest BCUT2D eigenvalue weighted by atomic mass is 32.2. The van der Waals surface area contributed by atoms with Crippen LogP contribution in [0.15, 0.2) is 52.9 Å². The minimum Gasteiger partial charge on any atom is -0.421 e. The second-order valence-corrected chi connectivity index (χ2v) is 9.75. The third kappa shape index (κ3) is 7.28. The maximum absolute atomic E-state index is 12.2. The van der Waals surface area contributed by atoms with Crippen molar-refractivity contribution in [1.82, 2.24) is 20.2 Å². The Bertz CT molecular complexity index is 1140. The largest absolute Gasteiger partial charge is 0.421 e. The number of carbonyl (C=O) groups is 1. The molecule has 0 saturated heterocycles. The molecule has 8 nitrogen and oxygen atoms in total. The minimum atomic E-state index is -3.36. The first-order valence-electron chi connectivity index (χ1n) is 10.4. The van der Waals surface area contributed by atoms with Gasteiger partial charge in [-0.2, -0.15) is 0 Å². The third-order valence-corrected chi connectivity index (χ3v) is 6.16. The van der Waals surface area contributed by atoms with Crippen LogP contribution in [0.1, 0.15) is 42.8 Å². The van der Waals surface area contributed by atoms with Gasteiger partial charge in [0.05, 0.1) is 5.75 Å². The molecular weight excluding hydrogens is 428 g/mol. The fraction of sp³-hybridized carbons (Fsp3) is 0.348. The van der Waals surface area contributed by atoms with E-state index in [0.717, 1.165) is 16.7 Å². The lowest BCUT2D eigenvalue weighted by atomic mass is 10.1. The van der Waals surface area contributed by atoms with Crippen LogP contribution in [0.3, 0.4) is 0 Å². The molecule has 2 N–H and O–H groups in total. The van der Waals surface area contributed by atoms with Crippen molar-refractivity contribution in [3.63, 3.8) is 0 Å². The van der Waals surface area contributed by atoms with Crippen molar-refractivity contribution >= 4 is 15.9 Å². The van der Waals surface area contributed by atoms with Crippen LogP contribution in [-0.4, -0.2) is 30.6 Å². The molecule has 0 atom stereocenters.